The quantitative estimate of drug-likeness (QED) is 0.631. The molecule has 62 valence electrons. The normalized spacial score (nSPS) is 8.75. The Hall–Kier alpha value is -1.76. The second-order valence-corrected chi connectivity index (χ2v) is 2.14. The number of hydrogen-bond acceptors (Lipinski definition) is 3. The van der Waals surface area contributed by atoms with Crippen LogP contribution in [-0.4, -0.2) is 14.2 Å². The van der Waals surface area contributed by atoms with Crippen LogP contribution in [0.3, 0.4) is 0 Å². The predicted octanol–water partition coefficient (Wildman–Crippen LogP) is 2.19. The van der Waals surface area contributed by atoms with Gasteiger partial charge in [-0.2, -0.15) is 0 Å². The second kappa shape index (κ2) is 3.58. The number of methoxy groups -OCH3 is 2. The van der Waals surface area contributed by atoms with Crippen molar-refractivity contribution in [3.05, 3.63) is 23.2 Å². The fraction of sp³-hybridized carbons (Fsp3) is 0.250. The molecule has 4 nitrogen and oxygen atoms in total. The maximum absolute atomic E-state index is 8.52. The Morgan fingerprint density at radius 1 is 1.25 bits per heavy atom. The summed E-state index contributed by atoms with van der Waals surface area (Å²) in [5.74, 6) is 1.15. The number of ether oxygens (including phenoxy) is 2. The monoisotopic (exact) mass is 165 g/mol. The van der Waals surface area contributed by atoms with Gasteiger partial charge in [-0.15, -0.1) is 0 Å². The molecule has 0 spiro atoms. The molecule has 4 heteroatoms. The molecule has 0 fully saturated rings. The number of rotatable bonds is 2. The Bertz CT molecular complexity index is 317. The summed E-state index contributed by atoms with van der Waals surface area (Å²) in [4.78, 5) is 3.04. The molecular weight excluding hydrogens is 156 g/mol. The Morgan fingerprint density at radius 2 is 2.00 bits per heavy atom. The maximum Gasteiger partial charge on any atom is 0.426 e. The zero-order chi connectivity index (χ0) is 8.97. The van der Waals surface area contributed by atoms with E-state index in [9.17, 15) is 0 Å². The zero-order valence-corrected chi connectivity index (χ0v) is 6.94. The van der Waals surface area contributed by atoms with Gasteiger partial charge in [-0.3, -0.25) is 0 Å². The fourth-order valence-corrected chi connectivity index (χ4v) is 0.868. The second-order valence-electron chi connectivity index (χ2n) is 2.14. The third-order valence-corrected chi connectivity index (χ3v) is 1.49. The molecule has 0 heterocycles. The van der Waals surface area contributed by atoms with Crippen LogP contribution in [0.1, 0.15) is 0 Å². The van der Waals surface area contributed by atoms with Crippen LogP contribution in [0.15, 0.2) is 18.2 Å². The standard InChI is InChI=1S/C8H9N2O2/c1-11-6-3-4-7(10-9)8(5-6)12-2/h3-5H,1-2H3/q+1. The van der Waals surface area contributed by atoms with Gasteiger partial charge in [0.05, 0.1) is 14.2 Å². The van der Waals surface area contributed by atoms with Crippen LogP contribution < -0.4 is 9.47 Å². The molecule has 1 rings (SSSR count). The van der Waals surface area contributed by atoms with Crippen LogP contribution in [0.25, 0.3) is 4.98 Å². The smallest absolute Gasteiger partial charge is 0.426 e. The molecular formula is C8H9N2O2+. The molecule has 0 radical (unpaired) electrons. The van der Waals surface area contributed by atoms with Crippen molar-refractivity contribution in [1.82, 2.24) is 0 Å². The molecule has 0 bridgehead atoms. The minimum atomic E-state index is 0.387. The van der Waals surface area contributed by atoms with Crippen LogP contribution in [0.2, 0.25) is 0 Å². The average Bonchev–Trinajstić information content (AvgIpc) is 2.16. The molecule has 0 saturated heterocycles. The molecule has 0 N–H and O–H groups in total. The van der Waals surface area contributed by atoms with Crippen molar-refractivity contribution in [2.45, 2.75) is 0 Å². The summed E-state index contributed by atoms with van der Waals surface area (Å²) in [6, 6.07) is 4.95. The number of hydrogen-bond donors (Lipinski definition) is 0. The van der Waals surface area contributed by atoms with Crippen LogP contribution in [0.4, 0.5) is 5.69 Å². The lowest BCUT2D eigenvalue weighted by Gasteiger charge is -1.99. The van der Waals surface area contributed by atoms with E-state index in [-0.39, 0.29) is 0 Å². The molecule has 0 aliphatic heterocycles. The number of nitrogens with zero attached hydrogens (tertiary/aromatic N) is 2. The Labute approximate surface area is 70.3 Å². The zero-order valence-electron chi connectivity index (χ0n) is 6.94. The molecule has 0 aliphatic carbocycles. The molecule has 0 aliphatic rings. The molecule has 0 saturated carbocycles. The lowest BCUT2D eigenvalue weighted by atomic mass is 10.3. The lowest BCUT2D eigenvalue weighted by Crippen LogP contribution is -1.86. The Balaban J connectivity index is 3.13. The highest BCUT2D eigenvalue weighted by Crippen LogP contribution is 2.30. The first-order valence-electron chi connectivity index (χ1n) is 3.39. The minimum absolute atomic E-state index is 0.387. The minimum Gasteiger partial charge on any atom is -0.497 e. The summed E-state index contributed by atoms with van der Waals surface area (Å²) >= 11 is 0. The highest BCUT2D eigenvalue weighted by atomic mass is 16.5. The van der Waals surface area contributed by atoms with E-state index in [4.69, 9.17) is 14.9 Å². The van der Waals surface area contributed by atoms with E-state index in [1.807, 2.05) is 0 Å². The van der Waals surface area contributed by atoms with E-state index < -0.39 is 0 Å². The summed E-state index contributed by atoms with van der Waals surface area (Å²) in [7, 11) is 3.06. The van der Waals surface area contributed by atoms with Crippen molar-refractivity contribution in [1.29, 1.82) is 5.39 Å². The lowest BCUT2D eigenvalue weighted by molar-refractivity contribution is 0.396. The van der Waals surface area contributed by atoms with E-state index in [0.29, 0.717) is 17.2 Å². The highest BCUT2D eigenvalue weighted by Gasteiger charge is 2.14. The van der Waals surface area contributed by atoms with E-state index in [1.165, 1.54) is 7.11 Å². The van der Waals surface area contributed by atoms with Crippen LogP contribution in [-0.2, 0) is 0 Å². The van der Waals surface area contributed by atoms with Crippen LogP contribution in [0, 0.1) is 5.39 Å². The van der Waals surface area contributed by atoms with E-state index in [2.05, 4.69) is 4.98 Å². The number of benzene rings is 1. The summed E-state index contributed by atoms with van der Waals surface area (Å²) in [5.41, 5.74) is 0.387. The Kier molecular flexibility index (Phi) is 2.49. The first-order valence-corrected chi connectivity index (χ1v) is 3.39. The van der Waals surface area contributed by atoms with Gasteiger partial charge in [0.1, 0.15) is 5.75 Å². The Morgan fingerprint density at radius 3 is 2.50 bits per heavy atom. The van der Waals surface area contributed by atoms with E-state index >= 15 is 0 Å². The first-order chi connectivity index (χ1) is 5.81. The van der Waals surface area contributed by atoms with Crippen LogP contribution >= 0.6 is 0 Å². The molecule has 0 unspecified atom stereocenters. The summed E-state index contributed by atoms with van der Waals surface area (Å²) in [5, 5.41) is 8.52. The van der Waals surface area contributed by atoms with Crippen molar-refractivity contribution < 1.29 is 9.47 Å². The van der Waals surface area contributed by atoms with Crippen molar-refractivity contribution >= 4 is 5.69 Å². The van der Waals surface area contributed by atoms with Gasteiger partial charge in [0.2, 0.25) is 11.1 Å². The van der Waals surface area contributed by atoms with E-state index in [1.54, 1.807) is 25.3 Å². The van der Waals surface area contributed by atoms with Crippen molar-refractivity contribution in [3.8, 4) is 11.5 Å². The molecule has 0 aromatic heterocycles. The SMILES string of the molecule is COc1ccc([N+]#N)c(OC)c1. The van der Waals surface area contributed by atoms with Crippen molar-refractivity contribution in [3.63, 3.8) is 0 Å². The van der Waals surface area contributed by atoms with Gasteiger partial charge in [-0.25, -0.2) is 0 Å². The number of diazo groups is 1. The third kappa shape index (κ3) is 1.45. The van der Waals surface area contributed by atoms with Gasteiger partial charge >= 0.3 is 5.69 Å². The average molecular weight is 165 g/mol. The van der Waals surface area contributed by atoms with Gasteiger partial charge in [0.15, 0.2) is 4.98 Å². The summed E-state index contributed by atoms with van der Waals surface area (Å²) in [6.45, 7) is 0. The van der Waals surface area contributed by atoms with Gasteiger partial charge in [0, 0.05) is 12.1 Å². The predicted molar refractivity (Wildman–Crippen MR) is 44.3 cm³/mol. The largest absolute Gasteiger partial charge is 0.497 e. The van der Waals surface area contributed by atoms with Gasteiger partial charge in [-0.1, -0.05) is 0 Å². The van der Waals surface area contributed by atoms with Gasteiger partial charge < -0.3 is 9.47 Å². The van der Waals surface area contributed by atoms with Gasteiger partial charge in [-0.05, 0) is 6.07 Å². The molecule has 0 atom stereocenters. The summed E-state index contributed by atoms with van der Waals surface area (Å²) < 4.78 is 9.90. The highest BCUT2D eigenvalue weighted by molar-refractivity contribution is 5.59. The third-order valence-electron chi connectivity index (χ3n) is 1.49. The molecule has 0 amide bonds. The maximum atomic E-state index is 8.52. The molecule has 1 aromatic rings. The molecule has 12 heavy (non-hydrogen) atoms. The molecule has 1 aromatic carbocycles. The van der Waals surface area contributed by atoms with Crippen molar-refractivity contribution in [2.24, 2.45) is 0 Å². The van der Waals surface area contributed by atoms with Gasteiger partial charge in [0.25, 0.3) is 0 Å². The first kappa shape index (κ1) is 8.34. The van der Waals surface area contributed by atoms with Crippen LogP contribution in [0.5, 0.6) is 11.5 Å². The van der Waals surface area contributed by atoms with Crippen molar-refractivity contribution in [2.75, 3.05) is 14.2 Å². The van der Waals surface area contributed by atoms with E-state index in [0.717, 1.165) is 0 Å². The summed E-state index contributed by atoms with van der Waals surface area (Å²) in [6.07, 6.45) is 0. The topological polar surface area (TPSA) is 46.6 Å². The fourth-order valence-electron chi connectivity index (χ4n) is 0.868.